The van der Waals surface area contributed by atoms with Crippen LogP contribution in [0.4, 0.5) is 0 Å². The van der Waals surface area contributed by atoms with Crippen molar-refractivity contribution in [2.24, 2.45) is 0 Å². The minimum absolute atomic E-state index is 0. The van der Waals surface area contributed by atoms with Gasteiger partial charge in [0.25, 0.3) is 5.91 Å². The molecule has 1 aliphatic carbocycles. The van der Waals surface area contributed by atoms with Gasteiger partial charge in [-0.15, -0.1) is 24.8 Å². The average molecular weight is 461 g/mol. The quantitative estimate of drug-likeness (QED) is 0.735. The molecule has 142 valence electrons. The number of hydrogen-bond donors (Lipinski definition) is 1. The van der Waals surface area contributed by atoms with Crippen LogP contribution in [0.2, 0.25) is 0 Å². The lowest BCUT2D eigenvalue weighted by Crippen LogP contribution is -2.38. The summed E-state index contributed by atoms with van der Waals surface area (Å²) in [6, 6.07) is 6.32. The van der Waals surface area contributed by atoms with Crippen LogP contribution in [0.25, 0.3) is 10.9 Å². The Labute approximate surface area is 175 Å². The first-order chi connectivity index (χ1) is 11.6. The molecule has 7 heteroatoms. The first-order valence-corrected chi connectivity index (χ1v) is 9.43. The van der Waals surface area contributed by atoms with Crippen molar-refractivity contribution in [3.63, 3.8) is 0 Å². The van der Waals surface area contributed by atoms with E-state index in [2.05, 4.69) is 28.2 Å². The Morgan fingerprint density at radius 2 is 2.00 bits per heavy atom. The van der Waals surface area contributed by atoms with Crippen LogP contribution in [0.1, 0.15) is 46.8 Å². The zero-order valence-corrected chi connectivity index (χ0v) is 18.1. The molecular formula is C19H24BrCl2N3O. The molecule has 1 saturated heterocycles. The van der Waals surface area contributed by atoms with E-state index in [-0.39, 0.29) is 36.8 Å². The Morgan fingerprint density at radius 1 is 1.27 bits per heavy atom. The Kier molecular flexibility index (Phi) is 6.94. The van der Waals surface area contributed by atoms with Crippen molar-refractivity contribution >= 4 is 57.6 Å². The number of carbonyl (C=O) groups is 1. The fourth-order valence-corrected chi connectivity index (χ4v) is 4.05. The molecule has 4 nitrogen and oxygen atoms in total. The lowest BCUT2D eigenvalue weighted by molar-refractivity contribution is 0.0745. The molecule has 1 unspecified atom stereocenters. The molecule has 26 heavy (non-hydrogen) atoms. The van der Waals surface area contributed by atoms with Crippen LogP contribution in [0, 0.1) is 6.92 Å². The molecule has 1 amide bonds. The van der Waals surface area contributed by atoms with Gasteiger partial charge in [-0.3, -0.25) is 9.78 Å². The predicted molar refractivity (Wildman–Crippen MR) is 114 cm³/mol. The smallest absolute Gasteiger partial charge is 0.254 e. The summed E-state index contributed by atoms with van der Waals surface area (Å²) in [5, 5.41) is 4.30. The molecule has 1 aromatic heterocycles. The maximum Gasteiger partial charge on any atom is 0.254 e. The highest BCUT2D eigenvalue weighted by molar-refractivity contribution is 9.10. The molecule has 4 rings (SSSR count). The number of carbonyl (C=O) groups excluding carboxylic acids is 1. The van der Waals surface area contributed by atoms with Crippen LogP contribution >= 0.6 is 40.7 Å². The fraction of sp³-hybridized carbons (Fsp3) is 0.474. The van der Waals surface area contributed by atoms with E-state index < -0.39 is 0 Å². The van der Waals surface area contributed by atoms with Crippen molar-refractivity contribution in [1.29, 1.82) is 0 Å². The Balaban J connectivity index is 0.00000121. The fourth-order valence-electron chi connectivity index (χ4n) is 3.69. The van der Waals surface area contributed by atoms with Crippen molar-refractivity contribution in [2.75, 3.05) is 20.1 Å². The van der Waals surface area contributed by atoms with Crippen LogP contribution in [0.3, 0.4) is 0 Å². The van der Waals surface area contributed by atoms with Crippen LogP contribution in [-0.2, 0) is 0 Å². The third-order valence-corrected chi connectivity index (χ3v) is 5.80. The van der Waals surface area contributed by atoms with E-state index in [0.717, 1.165) is 51.7 Å². The van der Waals surface area contributed by atoms with Crippen LogP contribution < -0.4 is 5.32 Å². The van der Waals surface area contributed by atoms with Crippen LogP contribution in [0.5, 0.6) is 0 Å². The number of rotatable bonds is 3. The van der Waals surface area contributed by atoms with Crippen molar-refractivity contribution in [3.05, 3.63) is 39.5 Å². The largest absolute Gasteiger partial charge is 0.337 e. The normalized spacial score (nSPS) is 19.0. The number of likely N-dealkylation sites (N-methyl/N-ethyl adjacent to an activating group) is 1. The second-order valence-corrected chi connectivity index (χ2v) is 7.91. The summed E-state index contributed by atoms with van der Waals surface area (Å²) in [4.78, 5) is 20.1. The Bertz CT molecular complexity index is 820. The molecular weight excluding hydrogens is 437 g/mol. The Hall–Kier alpha value is -0.880. The Morgan fingerprint density at radius 3 is 2.62 bits per heavy atom. The zero-order chi connectivity index (χ0) is 16.8. The summed E-state index contributed by atoms with van der Waals surface area (Å²) in [6.07, 6.45) is 3.39. The molecule has 1 aliphatic heterocycles. The van der Waals surface area contributed by atoms with Gasteiger partial charge in [0.15, 0.2) is 0 Å². The van der Waals surface area contributed by atoms with E-state index in [4.69, 9.17) is 4.98 Å². The maximum absolute atomic E-state index is 13.3. The summed E-state index contributed by atoms with van der Waals surface area (Å²) < 4.78 is 0.981. The topological polar surface area (TPSA) is 45.2 Å². The minimum Gasteiger partial charge on any atom is -0.337 e. The molecule has 1 saturated carbocycles. The summed E-state index contributed by atoms with van der Waals surface area (Å²) in [5.41, 5.74) is 3.93. The highest BCUT2D eigenvalue weighted by atomic mass is 79.9. The highest BCUT2D eigenvalue weighted by Gasteiger charge is 2.32. The van der Waals surface area contributed by atoms with E-state index in [0.29, 0.717) is 5.92 Å². The van der Waals surface area contributed by atoms with Gasteiger partial charge in [0, 0.05) is 41.1 Å². The monoisotopic (exact) mass is 459 g/mol. The lowest BCUT2D eigenvalue weighted by Gasteiger charge is -2.26. The lowest BCUT2D eigenvalue weighted by atomic mass is 9.98. The number of amides is 1. The molecule has 2 aromatic rings. The average Bonchev–Trinajstić information content (AvgIpc) is 3.26. The second-order valence-electron chi connectivity index (χ2n) is 7.00. The third-order valence-electron chi connectivity index (χ3n) is 5.31. The van der Waals surface area contributed by atoms with E-state index in [1.807, 2.05) is 30.1 Å². The van der Waals surface area contributed by atoms with Gasteiger partial charge in [0.2, 0.25) is 0 Å². The van der Waals surface area contributed by atoms with Gasteiger partial charge in [0.05, 0.1) is 11.1 Å². The molecule has 0 spiro atoms. The highest BCUT2D eigenvalue weighted by Crippen LogP contribution is 2.42. The van der Waals surface area contributed by atoms with Crippen molar-refractivity contribution < 1.29 is 4.79 Å². The number of fused-ring (bicyclic) bond motifs is 1. The maximum atomic E-state index is 13.3. The molecule has 2 heterocycles. The standard InChI is InChI=1S/C19H22BrN3O.2ClH/c1-11-17(19(24)23(2)14-7-8-21-10-14)15-9-13(20)5-6-16(15)22-18(11)12-3-4-12;;/h5-6,9,12,14,21H,3-4,7-8,10H2,1-2H3;2*1H. The molecule has 0 radical (unpaired) electrons. The minimum atomic E-state index is 0. The number of pyridine rings is 1. The van der Waals surface area contributed by atoms with Gasteiger partial charge in [-0.05, 0) is 56.5 Å². The van der Waals surface area contributed by atoms with Gasteiger partial charge in [-0.2, -0.15) is 0 Å². The van der Waals surface area contributed by atoms with Crippen LogP contribution in [0.15, 0.2) is 22.7 Å². The first kappa shape index (κ1) is 21.4. The second kappa shape index (κ2) is 8.42. The van der Waals surface area contributed by atoms with E-state index in [1.165, 1.54) is 12.8 Å². The van der Waals surface area contributed by atoms with E-state index in [9.17, 15) is 4.79 Å². The van der Waals surface area contributed by atoms with Crippen molar-refractivity contribution in [2.45, 2.75) is 38.1 Å². The third kappa shape index (κ3) is 3.86. The zero-order valence-electron chi connectivity index (χ0n) is 14.9. The first-order valence-electron chi connectivity index (χ1n) is 8.64. The summed E-state index contributed by atoms with van der Waals surface area (Å²) >= 11 is 3.54. The summed E-state index contributed by atoms with van der Waals surface area (Å²) in [5.74, 6) is 0.650. The molecule has 1 aromatic carbocycles. The number of hydrogen-bond acceptors (Lipinski definition) is 3. The number of halogens is 3. The predicted octanol–water partition coefficient (Wildman–Crippen LogP) is 4.46. The molecule has 2 fully saturated rings. The SMILES string of the molecule is Cc1c(C2CC2)nc2ccc(Br)cc2c1C(=O)N(C)C1CCNC1.Cl.Cl. The van der Waals surface area contributed by atoms with E-state index in [1.54, 1.807) is 0 Å². The van der Waals surface area contributed by atoms with Crippen molar-refractivity contribution in [3.8, 4) is 0 Å². The summed E-state index contributed by atoms with van der Waals surface area (Å²) in [6.45, 7) is 3.93. The molecule has 1 atom stereocenters. The molecule has 0 bridgehead atoms. The number of nitrogens with one attached hydrogen (secondary N) is 1. The van der Waals surface area contributed by atoms with Gasteiger partial charge in [0.1, 0.15) is 0 Å². The van der Waals surface area contributed by atoms with Gasteiger partial charge in [-0.25, -0.2) is 0 Å². The van der Waals surface area contributed by atoms with Crippen LogP contribution in [-0.4, -0.2) is 42.0 Å². The number of benzene rings is 1. The van der Waals surface area contributed by atoms with Gasteiger partial charge < -0.3 is 10.2 Å². The van der Waals surface area contributed by atoms with E-state index >= 15 is 0 Å². The number of aromatic nitrogens is 1. The summed E-state index contributed by atoms with van der Waals surface area (Å²) in [7, 11) is 1.93. The number of nitrogens with zero attached hydrogens (tertiary/aromatic N) is 2. The molecule has 1 N–H and O–H groups in total. The van der Waals surface area contributed by atoms with Gasteiger partial charge >= 0.3 is 0 Å². The molecule has 2 aliphatic rings. The van der Waals surface area contributed by atoms with Crippen molar-refractivity contribution in [1.82, 2.24) is 15.2 Å². The van der Waals surface area contributed by atoms with Gasteiger partial charge in [-0.1, -0.05) is 15.9 Å².